The van der Waals surface area contributed by atoms with Crippen LogP contribution >= 0.6 is 0 Å². The van der Waals surface area contributed by atoms with Crippen LogP contribution in [0.5, 0.6) is 5.75 Å². The molecule has 1 aliphatic rings. The first-order valence-electron chi connectivity index (χ1n) is 10.6. The standard InChI is InChI=1S/C25H34N2O3/c1-16-11-19(29)14-25(3,4)24(16)23(12-17(2)28)30-20-7-8-22-21(13-20)18(15-26-22)9-10-27(5)6/h7-8,12-13,15,19,26,29H,9-11,14H2,1-6H3/b23-12+/t19-/m0/s1. The van der Waals surface area contributed by atoms with Crippen LogP contribution in [-0.2, 0) is 11.2 Å². The highest BCUT2D eigenvalue weighted by molar-refractivity contribution is 5.89. The van der Waals surface area contributed by atoms with Gasteiger partial charge in [-0.3, -0.25) is 4.79 Å². The fraction of sp³-hybridized carbons (Fsp3) is 0.480. The summed E-state index contributed by atoms with van der Waals surface area (Å²) in [6, 6.07) is 6.00. The third kappa shape index (κ3) is 5.02. The molecule has 5 nitrogen and oxygen atoms in total. The number of ketones is 1. The Hall–Kier alpha value is -2.37. The van der Waals surface area contributed by atoms with Gasteiger partial charge in [-0.25, -0.2) is 0 Å². The number of nitrogens with one attached hydrogen (secondary N) is 1. The summed E-state index contributed by atoms with van der Waals surface area (Å²) in [4.78, 5) is 17.5. The summed E-state index contributed by atoms with van der Waals surface area (Å²) in [5.41, 5.74) is 4.13. The van der Waals surface area contributed by atoms with E-state index in [9.17, 15) is 9.90 Å². The van der Waals surface area contributed by atoms with Gasteiger partial charge in [0.1, 0.15) is 11.5 Å². The van der Waals surface area contributed by atoms with Crippen LogP contribution < -0.4 is 4.74 Å². The maximum atomic E-state index is 12.0. The molecule has 3 rings (SSSR count). The Morgan fingerprint density at radius 1 is 1.37 bits per heavy atom. The van der Waals surface area contributed by atoms with Crippen molar-refractivity contribution >= 4 is 16.7 Å². The van der Waals surface area contributed by atoms with Gasteiger partial charge in [0.15, 0.2) is 5.78 Å². The van der Waals surface area contributed by atoms with Gasteiger partial charge < -0.3 is 19.7 Å². The van der Waals surface area contributed by atoms with Crippen molar-refractivity contribution < 1.29 is 14.6 Å². The number of aliphatic hydroxyl groups excluding tert-OH is 1. The number of fused-ring (bicyclic) bond motifs is 1. The lowest BCUT2D eigenvalue weighted by Gasteiger charge is -2.37. The predicted octanol–water partition coefficient (Wildman–Crippen LogP) is 4.62. The molecular formula is C25H34N2O3. The van der Waals surface area contributed by atoms with Crippen LogP contribution in [0.4, 0.5) is 0 Å². The van der Waals surface area contributed by atoms with Crippen molar-refractivity contribution in [3.8, 4) is 5.75 Å². The summed E-state index contributed by atoms with van der Waals surface area (Å²) in [6.45, 7) is 8.72. The molecule has 0 aliphatic heterocycles. The quantitative estimate of drug-likeness (QED) is 0.516. The fourth-order valence-electron chi connectivity index (χ4n) is 4.58. The highest BCUT2D eigenvalue weighted by Gasteiger charge is 2.36. The number of aliphatic hydroxyl groups is 1. The highest BCUT2D eigenvalue weighted by atomic mass is 16.5. The molecule has 5 heteroatoms. The van der Waals surface area contributed by atoms with Crippen LogP contribution in [0.1, 0.15) is 46.1 Å². The van der Waals surface area contributed by atoms with Crippen molar-refractivity contribution in [3.63, 3.8) is 0 Å². The van der Waals surface area contributed by atoms with E-state index < -0.39 is 0 Å². The Morgan fingerprint density at radius 2 is 2.10 bits per heavy atom. The van der Waals surface area contributed by atoms with E-state index in [0.717, 1.165) is 35.0 Å². The number of rotatable bonds is 7. The molecule has 2 N–H and O–H groups in total. The SMILES string of the molecule is CC(=O)/C=C(/Oc1ccc2[nH]cc(CCN(C)C)c2c1)C1=C(C)C[C@H](O)CC1(C)C. The van der Waals surface area contributed by atoms with Crippen molar-refractivity contribution in [2.75, 3.05) is 20.6 Å². The zero-order valence-corrected chi connectivity index (χ0v) is 19.0. The van der Waals surface area contributed by atoms with Crippen LogP contribution in [0.15, 0.2) is 47.4 Å². The summed E-state index contributed by atoms with van der Waals surface area (Å²) in [5, 5.41) is 11.4. The molecule has 0 unspecified atom stereocenters. The molecule has 0 amide bonds. The number of nitrogens with zero attached hydrogens (tertiary/aromatic N) is 1. The van der Waals surface area contributed by atoms with Crippen molar-refractivity contribution in [2.24, 2.45) is 5.41 Å². The van der Waals surface area contributed by atoms with Crippen molar-refractivity contribution in [1.29, 1.82) is 0 Å². The molecule has 30 heavy (non-hydrogen) atoms. The molecule has 0 spiro atoms. The molecule has 1 atom stereocenters. The Balaban J connectivity index is 1.98. The van der Waals surface area contributed by atoms with Crippen molar-refractivity contribution in [3.05, 3.63) is 52.9 Å². The normalized spacial score (nSPS) is 19.6. The predicted molar refractivity (Wildman–Crippen MR) is 122 cm³/mol. The molecular weight excluding hydrogens is 376 g/mol. The smallest absolute Gasteiger partial charge is 0.156 e. The number of hydrogen-bond donors (Lipinski definition) is 2. The average molecular weight is 411 g/mol. The van der Waals surface area contributed by atoms with Gasteiger partial charge in [0.25, 0.3) is 0 Å². The minimum absolute atomic E-state index is 0.0541. The van der Waals surface area contributed by atoms with Crippen molar-refractivity contribution in [2.45, 2.75) is 53.1 Å². The van der Waals surface area contributed by atoms with Crippen molar-refractivity contribution in [1.82, 2.24) is 9.88 Å². The number of H-pyrrole nitrogens is 1. The van der Waals surface area contributed by atoms with E-state index in [2.05, 4.69) is 44.0 Å². The Bertz CT molecular complexity index is 995. The summed E-state index contributed by atoms with van der Waals surface area (Å²) in [7, 11) is 4.14. The first-order chi connectivity index (χ1) is 14.1. The number of likely N-dealkylation sites (N-methyl/N-ethyl adjacent to an activating group) is 1. The lowest BCUT2D eigenvalue weighted by atomic mass is 9.70. The molecule has 1 heterocycles. The van der Waals surface area contributed by atoms with E-state index in [1.165, 1.54) is 5.56 Å². The Kier molecular flexibility index (Phi) is 6.53. The molecule has 0 bridgehead atoms. The number of aromatic nitrogens is 1. The largest absolute Gasteiger partial charge is 0.457 e. The molecule has 0 saturated heterocycles. The Labute approximate surface area is 179 Å². The number of benzene rings is 1. The zero-order chi connectivity index (χ0) is 22.1. The van der Waals surface area contributed by atoms with E-state index in [1.807, 2.05) is 25.1 Å². The van der Waals surface area contributed by atoms with Gasteiger partial charge in [0.05, 0.1) is 6.10 Å². The number of hydrogen-bond acceptors (Lipinski definition) is 4. The molecule has 1 aromatic heterocycles. The van der Waals surface area contributed by atoms with Gasteiger partial charge >= 0.3 is 0 Å². The summed E-state index contributed by atoms with van der Waals surface area (Å²) in [5.74, 6) is 1.24. The van der Waals surface area contributed by atoms with E-state index >= 15 is 0 Å². The van der Waals surface area contributed by atoms with Crippen LogP contribution in [0, 0.1) is 5.41 Å². The minimum Gasteiger partial charge on any atom is -0.457 e. The first-order valence-corrected chi connectivity index (χ1v) is 10.6. The van der Waals surface area contributed by atoms with E-state index in [1.54, 1.807) is 13.0 Å². The van der Waals surface area contributed by atoms with Gasteiger partial charge in [-0.1, -0.05) is 19.4 Å². The minimum atomic E-state index is -0.363. The number of allylic oxidation sites excluding steroid dienone is 2. The molecule has 0 radical (unpaired) electrons. The van der Waals surface area contributed by atoms with Gasteiger partial charge in [0.2, 0.25) is 0 Å². The van der Waals surface area contributed by atoms with E-state index in [0.29, 0.717) is 24.4 Å². The topological polar surface area (TPSA) is 65.6 Å². The summed E-state index contributed by atoms with van der Waals surface area (Å²) < 4.78 is 6.34. The second-order valence-corrected chi connectivity index (χ2v) is 9.40. The van der Waals surface area contributed by atoms with Crippen LogP contribution in [0.3, 0.4) is 0 Å². The summed E-state index contributed by atoms with van der Waals surface area (Å²) in [6.07, 6.45) is 5.46. The third-order valence-electron chi connectivity index (χ3n) is 5.77. The molecule has 162 valence electrons. The Morgan fingerprint density at radius 3 is 2.73 bits per heavy atom. The molecule has 2 aromatic rings. The maximum absolute atomic E-state index is 12.0. The van der Waals surface area contributed by atoms with Gasteiger partial charge in [-0.2, -0.15) is 0 Å². The monoisotopic (exact) mass is 410 g/mol. The fourth-order valence-corrected chi connectivity index (χ4v) is 4.58. The van der Waals surface area contributed by atoms with E-state index in [4.69, 9.17) is 4.74 Å². The second-order valence-electron chi connectivity index (χ2n) is 9.40. The zero-order valence-electron chi connectivity index (χ0n) is 19.0. The van der Waals surface area contributed by atoms with E-state index in [-0.39, 0.29) is 17.3 Å². The first kappa shape index (κ1) is 22.3. The van der Waals surface area contributed by atoms with Crippen LogP contribution in [-0.4, -0.2) is 47.5 Å². The van der Waals surface area contributed by atoms with Gasteiger partial charge in [0, 0.05) is 29.7 Å². The third-order valence-corrected chi connectivity index (χ3v) is 5.77. The number of aromatic amines is 1. The highest BCUT2D eigenvalue weighted by Crippen LogP contribution is 2.44. The lowest BCUT2D eigenvalue weighted by Crippen LogP contribution is -2.31. The van der Waals surface area contributed by atoms with Gasteiger partial charge in [-0.05, 0) is 82.0 Å². The molecule has 1 aliphatic carbocycles. The maximum Gasteiger partial charge on any atom is 0.156 e. The number of ether oxygens (including phenoxy) is 1. The number of carbonyl (C=O) groups is 1. The molecule has 1 aromatic carbocycles. The number of carbonyl (C=O) groups excluding carboxylic acids is 1. The van der Waals surface area contributed by atoms with Crippen LogP contribution in [0.2, 0.25) is 0 Å². The summed E-state index contributed by atoms with van der Waals surface area (Å²) >= 11 is 0. The van der Waals surface area contributed by atoms with Crippen LogP contribution in [0.25, 0.3) is 10.9 Å². The second kappa shape index (κ2) is 8.78. The lowest BCUT2D eigenvalue weighted by molar-refractivity contribution is -0.112. The van der Waals surface area contributed by atoms with Gasteiger partial charge in [-0.15, -0.1) is 0 Å². The molecule has 0 saturated carbocycles. The average Bonchev–Trinajstić information content (AvgIpc) is 3.00. The molecule has 0 fully saturated rings.